The summed E-state index contributed by atoms with van der Waals surface area (Å²) in [6, 6.07) is 4.82. The Kier molecular flexibility index (Phi) is 9.02. The number of rotatable bonds is 1. The maximum Gasteiger partial charge on any atom is 0.258 e. The average molecular weight is 395 g/mol. The van der Waals surface area contributed by atoms with Gasteiger partial charge in [0.05, 0.1) is 26.4 Å². The van der Waals surface area contributed by atoms with Crippen molar-refractivity contribution in [2.24, 2.45) is 0 Å². The molecular formula is C18H25N3O7. The largest absolute Gasteiger partial charge is 0.481 e. The van der Waals surface area contributed by atoms with Crippen LogP contribution in [0.5, 0.6) is 11.5 Å². The Labute approximate surface area is 162 Å². The Bertz CT molecular complexity index is 635. The Balaban J connectivity index is 2.10. The molecule has 10 heteroatoms. The van der Waals surface area contributed by atoms with Crippen molar-refractivity contribution in [1.29, 1.82) is 0 Å². The number of amides is 3. The fourth-order valence-electron chi connectivity index (χ4n) is 2.29. The van der Waals surface area contributed by atoms with Gasteiger partial charge in [-0.05, 0) is 12.1 Å². The molecule has 28 heavy (non-hydrogen) atoms. The van der Waals surface area contributed by atoms with Crippen LogP contribution in [0.3, 0.4) is 0 Å². The van der Waals surface area contributed by atoms with Crippen molar-refractivity contribution in [2.75, 3.05) is 58.0 Å². The first-order valence-electron chi connectivity index (χ1n) is 8.91. The van der Waals surface area contributed by atoms with Crippen molar-refractivity contribution in [1.82, 2.24) is 10.6 Å². The third-order valence-electron chi connectivity index (χ3n) is 3.52. The Morgan fingerprint density at radius 3 is 1.86 bits per heavy atom. The van der Waals surface area contributed by atoms with Gasteiger partial charge in [-0.15, -0.1) is 0 Å². The molecule has 1 aliphatic heterocycles. The lowest BCUT2D eigenvalue weighted by molar-refractivity contribution is -0.124. The zero-order chi connectivity index (χ0) is 20.2. The van der Waals surface area contributed by atoms with Crippen LogP contribution in [-0.2, 0) is 23.9 Å². The van der Waals surface area contributed by atoms with Crippen LogP contribution in [0.4, 0.5) is 5.69 Å². The summed E-state index contributed by atoms with van der Waals surface area (Å²) in [4.78, 5) is 35.4. The van der Waals surface area contributed by atoms with Gasteiger partial charge < -0.3 is 34.9 Å². The number of carbonyl (C=O) groups excluding carboxylic acids is 3. The second-order valence-electron chi connectivity index (χ2n) is 5.81. The van der Waals surface area contributed by atoms with Gasteiger partial charge in [-0.2, -0.15) is 0 Å². The van der Waals surface area contributed by atoms with E-state index in [9.17, 15) is 14.4 Å². The van der Waals surface area contributed by atoms with Crippen molar-refractivity contribution in [3.8, 4) is 11.5 Å². The molecule has 0 fully saturated rings. The number of anilines is 1. The lowest BCUT2D eigenvalue weighted by atomic mass is 10.2. The minimum absolute atomic E-state index is 0.250. The first kappa shape index (κ1) is 21.5. The molecule has 0 saturated heterocycles. The molecule has 0 aromatic heterocycles. The monoisotopic (exact) mass is 395 g/mol. The molecule has 10 nitrogen and oxygen atoms in total. The highest BCUT2D eigenvalue weighted by molar-refractivity contribution is 5.92. The first-order valence-corrected chi connectivity index (χ1v) is 8.91. The van der Waals surface area contributed by atoms with Gasteiger partial charge in [0, 0.05) is 20.0 Å². The third-order valence-corrected chi connectivity index (χ3v) is 3.52. The summed E-state index contributed by atoms with van der Waals surface area (Å²) in [5, 5.41) is 7.95. The van der Waals surface area contributed by atoms with Crippen LogP contribution in [0, 0.1) is 0 Å². The smallest absolute Gasteiger partial charge is 0.258 e. The SMILES string of the molecule is CC(=O)Nc1c2cccc1OCC(=O)NCCOCCOCCNC(=O)CO2. The van der Waals surface area contributed by atoms with Crippen LogP contribution >= 0.6 is 0 Å². The molecule has 0 saturated carbocycles. The number of ether oxygens (including phenoxy) is 4. The summed E-state index contributed by atoms with van der Waals surface area (Å²) >= 11 is 0. The van der Waals surface area contributed by atoms with Crippen molar-refractivity contribution in [3.05, 3.63) is 18.2 Å². The third kappa shape index (κ3) is 7.80. The fraction of sp³-hybridized carbons (Fsp3) is 0.500. The Hall–Kier alpha value is -2.85. The molecule has 154 valence electrons. The number of fused-ring (bicyclic) bond motifs is 2. The first-order chi connectivity index (χ1) is 13.6. The minimum Gasteiger partial charge on any atom is -0.481 e. The van der Waals surface area contributed by atoms with Gasteiger partial charge in [0.1, 0.15) is 17.2 Å². The molecule has 1 aliphatic rings. The minimum atomic E-state index is -0.345. The van der Waals surface area contributed by atoms with E-state index in [1.165, 1.54) is 6.92 Å². The molecule has 2 bridgehead atoms. The molecule has 0 unspecified atom stereocenters. The molecule has 1 aromatic carbocycles. The van der Waals surface area contributed by atoms with Crippen LogP contribution in [0.1, 0.15) is 6.92 Å². The van der Waals surface area contributed by atoms with Crippen molar-refractivity contribution in [3.63, 3.8) is 0 Å². The molecule has 0 aliphatic carbocycles. The zero-order valence-electron chi connectivity index (χ0n) is 15.7. The van der Waals surface area contributed by atoms with Gasteiger partial charge in [-0.25, -0.2) is 0 Å². The van der Waals surface area contributed by atoms with Crippen molar-refractivity contribution < 1.29 is 33.3 Å². The van der Waals surface area contributed by atoms with E-state index in [0.29, 0.717) is 39.5 Å². The maximum atomic E-state index is 11.9. The lowest BCUT2D eigenvalue weighted by Crippen LogP contribution is -2.32. The molecule has 3 amide bonds. The molecule has 0 radical (unpaired) electrons. The number of nitrogens with one attached hydrogen (secondary N) is 3. The second kappa shape index (κ2) is 11.8. The predicted octanol–water partition coefficient (Wildman–Crippen LogP) is -0.318. The number of carbonyl (C=O) groups is 3. The van der Waals surface area contributed by atoms with Gasteiger partial charge >= 0.3 is 0 Å². The van der Waals surface area contributed by atoms with E-state index in [-0.39, 0.29) is 48.1 Å². The van der Waals surface area contributed by atoms with Crippen LogP contribution < -0.4 is 25.4 Å². The van der Waals surface area contributed by atoms with Crippen LogP contribution in [0.2, 0.25) is 0 Å². The highest BCUT2D eigenvalue weighted by Gasteiger charge is 2.15. The summed E-state index contributed by atoms with van der Waals surface area (Å²) in [5.74, 6) is -0.506. The quantitative estimate of drug-likeness (QED) is 0.595. The van der Waals surface area contributed by atoms with Gasteiger partial charge in [0.15, 0.2) is 13.2 Å². The van der Waals surface area contributed by atoms with Gasteiger partial charge in [-0.1, -0.05) is 6.07 Å². The van der Waals surface area contributed by atoms with E-state index >= 15 is 0 Å². The summed E-state index contributed by atoms with van der Waals surface area (Å²) < 4.78 is 21.7. The topological polar surface area (TPSA) is 124 Å². The number of hydrogen-bond acceptors (Lipinski definition) is 7. The molecule has 1 heterocycles. The van der Waals surface area contributed by atoms with Crippen molar-refractivity contribution >= 4 is 23.4 Å². The van der Waals surface area contributed by atoms with E-state index in [1.807, 2.05) is 0 Å². The van der Waals surface area contributed by atoms with Gasteiger partial charge in [-0.3, -0.25) is 14.4 Å². The molecule has 2 rings (SSSR count). The van der Waals surface area contributed by atoms with E-state index < -0.39 is 0 Å². The summed E-state index contributed by atoms with van der Waals surface area (Å²) in [5.41, 5.74) is 0.250. The van der Waals surface area contributed by atoms with Crippen molar-refractivity contribution in [2.45, 2.75) is 6.92 Å². The zero-order valence-corrected chi connectivity index (χ0v) is 15.7. The molecule has 1 aromatic rings. The Morgan fingerprint density at radius 1 is 0.893 bits per heavy atom. The summed E-state index contributed by atoms with van der Waals surface area (Å²) in [6.45, 7) is 2.95. The van der Waals surface area contributed by atoms with E-state index in [0.717, 1.165) is 0 Å². The lowest BCUT2D eigenvalue weighted by Gasteiger charge is -2.16. The maximum absolute atomic E-state index is 11.9. The fourth-order valence-corrected chi connectivity index (χ4v) is 2.29. The summed E-state index contributed by atoms with van der Waals surface area (Å²) in [7, 11) is 0. The number of hydrogen-bond donors (Lipinski definition) is 3. The van der Waals surface area contributed by atoms with Crippen LogP contribution in [0.15, 0.2) is 18.2 Å². The number of para-hydroxylation sites is 1. The standard InChI is InChI=1S/C18H25N3O7/c1-13(22)21-18-14-3-2-4-15(18)28-12-17(24)20-6-8-26-10-9-25-7-5-19-16(23)11-27-14/h2-4H,5-12H2,1H3,(H,19,23)(H,20,24)(H,21,22). The van der Waals surface area contributed by atoms with Crippen LogP contribution in [-0.4, -0.2) is 70.5 Å². The summed E-state index contributed by atoms with van der Waals surface area (Å²) in [6.07, 6.45) is 0. The highest BCUT2D eigenvalue weighted by atomic mass is 16.5. The van der Waals surface area contributed by atoms with E-state index in [4.69, 9.17) is 18.9 Å². The van der Waals surface area contributed by atoms with Gasteiger partial charge in [0.25, 0.3) is 11.8 Å². The second-order valence-corrected chi connectivity index (χ2v) is 5.81. The van der Waals surface area contributed by atoms with E-state index in [2.05, 4.69) is 16.0 Å². The van der Waals surface area contributed by atoms with Crippen LogP contribution in [0.25, 0.3) is 0 Å². The normalized spacial score (nSPS) is 17.5. The molecule has 3 N–H and O–H groups in total. The predicted molar refractivity (Wildman–Crippen MR) is 99.4 cm³/mol. The number of benzene rings is 1. The molecular weight excluding hydrogens is 370 g/mol. The average Bonchev–Trinajstić information content (AvgIpc) is 2.66. The highest BCUT2D eigenvalue weighted by Crippen LogP contribution is 2.34. The van der Waals surface area contributed by atoms with Gasteiger partial charge in [0.2, 0.25) is 5.91 Å². The molecule has 0 atom stereocenters. The Morgan fingerprint density at radius 2 is 1.39 bits per heavy atom. The molecule has 0 spiro atoms. The van der Waals surface area contributed by atoms with E-state index in [1.54, 1.807) is 18.2 Å².